The second kappa shape index (κ2) is 7.99. The molecule has 0 aliphatic heterocycles. The van der Waals surface area contributed by atoms with Crippen LogP contribution in [-0.2, 0) is 0 Å². The Morgan fingerprint density at radius 3 is 2.30 bits per heavy atom. The fourth-order valence-electron chi connectivity index (χ4n) is 2.48. The van der Waals surface area contributed by atoms with Gasteiger partial charge in [-0.25, -0.2) is 18.7 Å². The quantitative estimate of drug-likeness (QED) is 0.613. The van der Waals surface area contributed by atoms with E-state index in [1.54, 1.807) is 13.0 Å². The largest absolute Gasteiger partial charge is 0.489 e. The van der Waals surface area contributed by atoms with Crippen LogP contribution in [0.5, 0.6) is 5.75 Å². The molecule has 1 aromatic heterocycles. The number of rotatable bonds is 6. The molecule has 140 valence electrons. The molecule has 7 heteroatoms. The molecule has 3 rings (SSSR count). The molecule has 0 fully saturated rings. The number of anilines is 4. The Kier molecular flexibility index (Phi) is 5.49. The maximum atomic E-state index is 13.4. The molecule has 5 nitrogen and oxygen atoms in total. The number of halogens is 2. The van der Waals surface area contributed by atoms with Gasteiger partial charge in [-0.15, -0.1) is 0 Å². The first-order chi connectivity index (χ1) is 12.9. The lowest BCUT2D eigenvalue weighted by Crippen LogP contribution is -2.08. The average Bonchev–Trinajstić information content (AvgIpc) is 2.59. The van der Waals surface area contributed by atoms with Gasteiger partial charge in [0.1, 0.15) is 23.2 Å². The van der Waals surface area contributed by atoms with Crippen molar-refractivity contribution in [1.29, 1.82) is 0 Å². The molecule has 0 atom stereocenters. The van der Waals surface area contributed by atoms with Crippen LogP contribution in [0, 0.1) is 18.6 Å². The Morgan fingerprint density at radius 1 is 0.889 bits per heavy atom. The van der Waals surface area contributed by atoms with Crippen LogP contribution in [-0.4, -0.2) is 16.1 Å². The van der Waals surface area contributed by atoms with Crippen LogP contribution in [0.15, 0.2) is 48.5 Å². The summed E-state index contributed by atoms with van der Waals surface area (Å²) in [4.78, 5) is 8.65. The van der Waals surface area contributed by atoms with Gasteiger partial charge in [-0.2, -0.15) is 0 Å². The topological polar surface area (TPSA) is 59.1 Å². The van der Waals surface area contributed by atoms with E-state index in [1.807, 2.05) is 38.1 Å². The number of aryl methyl sites for hydroxylation is 1. The third-order valence-electron chi connectivity index (χ3n) is 3.54. The van der Waals surface area contributed by atoms with Gasteiger partial charge in [0.05, 0.1) is 11.8 Å². The first-order valence-electron chi connectivity index (χ1n) is 8.51. The number of para-hydroxylation sites is 2. The van der Waals surface area contributed by atoms with Crippen LogP contribution in [0.25, 0.3) is 0 Å². The summed E-state index contributed by atoms with van der Waals surface area (Å²) in [6.07, 6.45) is 0.0330. The Morgan fingerprint density at radius 2 is 1.59 bits per heavy atom. The van der Waals surface area contributed by atoms with Gasteiger partial charge in [0.25, 0.3) is 0 Å². The van der Waals surface area contributed by atoms with Gasteiger partial charge in [-0.3, -0.25) is 0 Å². The molecule has 0 saturated heterocycles. The molecule has 2 N–H and O–H groups in total. The van der Waals surface area contributed by atoms with Crippen molar-refractivity contribution < 1.29 is 13.5 Å². The third-order valence-corrected chi connectivity index (χ3v) is 3.54. The zero-order valence-electron chi connectivity index (χ0n) is 15.3. The van der Waals surface area contributed by atoms with E-state index in [2.05, 4.69) is 20.6 Å². The van der Waals surface area contributed by atoms with Crippen molar-refractivity contribution in [2.24, 2.45) is 0 Å². The van der Waals surface area contributed by atoms with Crippen molar-refractivity contribution in [3.05, 3.63) is 66.0 Å². The third kappa shape index (κ3) is 4.91. The predicted octanol–water partition coefficient (Wildman–Crippen LogP) is 5.34. The molecule has 0 aliphatic rings. The molecule has 0 unspecified atom stereocenters. The summed E-state index contributed by atoms with van der Waals surface area (Å²) in [6, 6.07) is 12.8. The van der Waals surface area contributed by atoms with E-state index in [4.69, 9.17) is 4.74 Å². The monoisotopic (exact) mass is 370 g/mol. The molecule has 3 aromatic rings. The normalized spacial score (nSPS) is 10.7. The summed E-state index contributed by atoms with van der Waals surface area (Å²) < 4.78 is 32.3. The molecule has 0 radical (unpaired) electrons. The molecular formula is C20H20F2N4O. The predicted molar refractivity (Wildman–Crippen MR) is 102 cm³/mol. The van der Waals surface area contributed by atoms with Crippen molar-refractivity contribution in [2.75, 3.05) is 10.6 Å². The molecule has 27 heavy (non-hydrogen) atoms. The number of benzene rings is 2. The summed E-state index contributed by atoms with van der Waals surface area (Å²) >= 11 is 0. The Labute approximate surface area is 156 Å². The molecule has 0 amide bonds. The lowest BCUT2D eigenvalue weighted by atomic mass is 10.2. The maximum absolute atomic E-state index is 13.4. The average molecular weight is 370 g/mol. The first-order valence-corrected chi connectivity index (χ1v) is 8.51. The molecule has 0 bridgehead atoms. The highest BCUT2D eigenvalue weighted by molar-refractivity contribution is 5.67. The minimum atomic E-state index is -0.927. The number of hydrogen-bond donors (Lipinski definition) is 2. The van der Waals surface area contributed by atoms with Crippen LogP contribution < -0.4 is 15.4 Å². The van der Waals surface area contributed by atoms with E-state index in [1.165, 1.54) is 6.07 Å². The van der Waals surface area contributed by atoms with Crippen LogP contribution in [0.3, 0.4) is 0 Å². The van der Waals surface area contributed by atoms with Crippen molar-refractivity contribution in [2.45, 2.75) is 26.9 Å². The van der Waals surface area contributed by atoms with Crippen molar-refractivity contribution in [3.63, 3.8) is 0 Å². The minimum Gasteiger partial charge on any atom is -0.489 e. The van der Waals surface area contributed by atoms with Gasteiger partial charge in [-0.05, 0) is 45.0 Å². The van der Waals surface area contributed by atoms with Gasteiger partial charge in [0.15, 0.2) is 11.6 Å². The summed E-state index contributed by atoms with van der Waals surface area (Å²) in [5, 5.41) is 6.17. The van der Waals surface area contributed by atoms with Gasteiger partial charge in [0.2, 0.25) is 0 Å². The summed E-state index contributed by atoms with van der Waals surface area (Å²) in [5.74, 6) is 0.407. The molecule has 0 spiro atoms. The Hall–Kier alpha value is -3.22. The highest BCUT2D eigenvalue weighted by Gasteiger charge is 2.09. The molecule has 1 heterocycles. The van der Waals surface area contributed by atoms with Crippen molar-refractivity contribution in [1.82, 2.24) is 9.97 Å². The standard InChI is InChI=1S/C20H20F2N4O/c1-12(2)27-18-7-5-4-6-17(18)26-20-11-19(23-13(3)24-20)25-14-8-9-15(21)16(22)10-14/h4-12H,1-3H3,(H2,23,24,25,26). The van der Waals surface area contributed by atoms with Crippen molar-refractivity contribution >= 4 is 23.0 Å². The fraction of sp³-hybridized carbons (Fsp3) is 0.200. The van der Waals surface area contributed by atoms with E-state index >= 15 is 0 Å². The summed E-state index contributed by atoms with van der Waals surface area (Å²) in [6.45, 7) is 5.66. The van der Waals surface area contributed by atoms with Crippen molar-refractivity contribution in [3.8, 4) is 5.75 Å². The molecule has 2 aromatic carbocycles. The van der Waals surface area contributed by atoms with Gasteiger partial charge >= 0.3 is 0 Å². The van der Waals surface area contributed by atoms with Crippen LogP contribution >= 0.6 is 0 Å². The summed E-state index contributed by atoms with van der Waals surface area (Å²) in [5.41, 5.74) is 1.16. The Bertz CT molecular complexity index is 947. The maximum Gasteiger partial charge on any atom is 0.160 e. The number of nitrogens with zero attached hydrogens (tertiary/aromatic N) is 2. The second-order valence-electron chi connectivity index (χ2n) is 6.23. The van der Waals surface area contributed by atoms with E-state index in [0.717, 1.165) is 17.8 Å². The number of nitrogens with one attached hydrogen (secondary N) is 2. The second-order valence-corrected chi connectivity index (χ2v) is 6.23. The van der Waals surface area contributed by atoms with Gasteiger partial charge < -0.3 is 15.4 Å². The molecule has 0 aliphatic carbocycles. The molecule has 0 saturated carbocycles. The van der Waals surface area contributed by atoms with E-state index in [9.17, 15) is 8.78 Å². The van der Waals surface area contributed by atoms with E-state index in [-0.39, 0.29) is 6.10 Å². The van der Waals surface area contributed by atoms with Crippen LogP contribution in [0.2, 0.25) is 0 Å². The zero-order valence-corrected chi connectivity index (χ0v) is 15.3. The highest BCUT2D eigenvalue weighted by atomic mass is 19.2. The minimum absolute atomic E-state index is 0.0330. The lowest BCUT2D eigenvalue weighted by molar-refractivity contribution is 0.244. The SMILES string of the molecule is Cc1nc(Nc2ccc(F)c(F)c2)cc(Nc2ccccc2OC(C)C)n1. The number of hydrogen-bond acceptors (Lipinski definition) is 5. The smallest absolute Gasteiger partial charge is 0.160 e. The zero-order chi connectivity index (χ0) is 19.4. The lowest BCUT2D eigenvalue weighted by Gasteiger charge is -2.16. The Balaban J connectivity index is 1.84. The van der Waals surface area contributed by atoms with Crippen LogP contribution in [0.4, 0.5) is 31.8 Å². The first kappa shape index (κ1) is 18.6. The number of aromatic nitrogens is 2. The van der Waals surface area contributed by atoms with Gasteiger partial charge in [-0.1, -0.05) is 12.1 Å². The highest BCUT2D eigenvalue weighted by Crippen LogP contribution is 2.28. The van der Waals surface area contributed by atoms with E-state index < -0.39 is 11.6 Å². The van der Waals surface area contributed by atoms with Gasteiger partial charge in [0, 0.05) is 17.8 Å². The summed E-state index contributed by atoms with van der Waals surface area (Å²) in [7, 11) is 0. The van der Waals surface area contributed by atoms with E-state index in [0.29, 0.717) is 28.9 Å². The van der Waals surface area contributed by atoms with Crippen LogP contribution in [0.1, 0.15) is 19.7 Å². The molecular weight excluding hydrogens is 350 g/mol. The number of ether oxygens (including phenoxy) is 1. The fourth-order valence-corrected chi connectivity index (χ4v) is 2.48.